The van der Waals surface area contributed by atoms with Crippen molar-refractivity contribution >= 4 is 23.2 Å². The number of carbonyl (C=O) groups excluding carboxylic acids is 1. The van der Waals surface area contributed by atoms with E-state index in [9.17, 15) is 9.90 Å². The van der Waals surface area contributed by atoms with Gasteiger partial charge in [-0.25, -0.2) is 0 Å². The highest BCUT2D eigenvalue weighted by molar-refractivity contribution is 7.09. The van der Waals surface area contributed by atoms with Gasteiger partial charge in [0.1, 0.15) is 0 Å². The van der Waals surface area contributed by atoms with Crippen LogP contribution >= 0.6 is 11.3 Å². The van der Waals surface area contributed by atoms with Gasteiger partial charge in [0.05, 0.1) is 6.54 Å². The molecule has 2 heterocycles. The Morgan fingerprint density at radius 1 is 1.07 bits per heavy atom. The van der Waals surface area contributed by atoms with Gasteiger partial charge in [-0.3, -0.25) is 10.2 Å². The lowest BCUT2D eigenvalue weighted by molar-refractivity contribution is -0.160. The number of benzene rings is 1. The Bertz CT molecular complexity index is 843. The summed E-state index contributed by atoms with van der Waals surface area (Å²) in [5.74, 6) is 0.180. The smallest absolute Gasteiger partial charge is 0.259 e. The van der Waals surface area contributed by atoms with E-state index in [4.69, 9.17) is 5.41 Å². The van der Waals surface area contributed by atoms with E-state index in [-0.39, 0.29) is 11.8 Å². The average molecular weight is 427 g/mol. The van der Waals surface area contributed by atoms with Gasteiger partial charge in [-0.1, -0.05) is 49.2 Å². The van der Waals surface area contributed by atoms with Gasteiger partial charge in [-0.2, -0.15) is 0 Å². The molecule has 30 heavy (non-hydrogen) atoms. The summed E-state index contributed by atoms with van der Waals surface area (Å²) < 4.78 is 0. The van der Waals surface area contributed by atoms with E-state index < -0.39 is 5.60 Å². The second kappa shape index (κ2) is 9.18. The van der Waals surface area contributed by atoms with E-state index in [0.717, 1.165) is 25.7 Å². The number of hydrogen-bond acceptors (Lipinski definition) is 4. The zero-order valence-electron chi connectivity index (χ0n) is 17.2. The predicted molar refractivity (Wildman–Crippen MR) is 119 cm³/mol. The normalized spacial score (nSPS) is 19.5. The molecule has 1 saturated heterocycles. The molecule has 1 amide bonds. The van der Waals surface area contributed by atoms with Crippen molar-refractivity contribution < 1.29 is 9.90 Å². The van der Waals surface area contributed by atoms with Crippen LogP contribution in [0.3, 0.4) is 0 Å². The van der Waals surface area contributed by atoms with E-state index >= 15 is 0 Å². The van der Waals surface area contributed by atoms with Crippen LogP contribution in [0.25, 0.3) is 0 Å². The molecular weight excluding hydrogens is 396 g/mol. The third-order valence-electron chi connectivity index (χ3n) is 6.38. The van der Waals surface area contributed by atoms with Gasteiger partial charge in [0.2, 0.25) is 0 Å². The third-order valence-corrected chi connectivity index (χ3v) is 7.26. The zero-order valence-corrected chi connectivity index (χ0v) is 18.0. The largest absolute Gasteiger partial charge is 0.375 e. The summed E-state index contributed by atoms with van der Waals surface area (Å²) in [6, 6.07) is 13.5. The third kappa shape index (κ3) is 4.23. The molecule has 1 atom stereocenters. The van der Waals surface area contributed by atoms with Crippen molar-refractivity contribution in [2.24, 2.45) is 5.92 Å². The van der Waals surface area contributed by atoms with Crippen LogP contribution in [0, 0.1) is 11.3 Å². The first-order chi connectivity index (χ1) is 14.6. The number of aliphatic hydroxyl groups is 1. The minimum atomic E-state index is -1.45. The Hall–Kier alpha value is -2.38. The molecule has 2 aliphatic rings. The summed E-state index contributed by atoms with van der Waals surface area (Å²) in [6.07, 6.45) is 3.89. The lowest BCUT2D eigenvalue weighted by Crippen LogP contribution is -2.58. The van der Waals surface area contributed by atoms with Gasteiger partial charge in [0.15, 0.2) is 11.6 Å². The van der Waals surface area contributed by atoms with Crippen molar-refractivity contribution in [1.29, 1.82) is 5.41 Å². The number of hydrogen-bond donors (Lipinski definition) is 3. The molecule has 6 nitrogen and oxygen atoms in total. The van der Waals surface area contributed by atoms with Crippen LogP contribution in [0.1, 0.15) is 36.1 Å². The van der Waals surface area contributed by atoms with E-state index in [0.29, 0.717) is 44.2 Å². The van der Waals surface area contributed by atoms with Gasteiger partial charge in [-0.05, 0) is 29.9 Å². The van der Waals surface area contributed by atoms with Crippen molar-refractivity contribution in [1.82, 2.24) is 15.1 Å². The molecule has 1 saturated carbocycles. The van der Waals surface area contributed by atoms with Crippen LogP contribution in [0.4, 0.5) is 0 Å². The van der Waals surface area contributed by atoms with Gasteiger partial charge in [-0.15, -0.1) is 11.3 Å². The number of nitrogens with one attached hydrogen (secondary N) is 2. The van der Waals surface area contributed by atoms with Crippen LogP contribution in [-0.2, 0) is 16.9 Å². The molecule has 1 aliphatic heterocycles. The number of amides is 1. The van der Waals surface area contributed by atoms with E-state index in [1.807, 2.05) is 46.7 Å². The number of guanidine groups is 1. The molecule has 2 aromatic rings. The Morgan fingerprint density at radius 2 is 1.73 bits per heavy atom. The average Bonchev–Trinajstić information content (AvgIpc) is 3.52. The standard InChI is InChI=1S/C23H30N4O2S/c24-22(25-17-20-11-6-16-30-20)27-14-12-26(13-15-27)21(28)23(29,19-9-4-5-10-19)18-7-2-1-3-8-18/h1-3,6-8,11,16,19,29H,4-5,9-10,12-15,17H2,(H2,24,25). The maximum Gasteiger partial charge on any atom is 0.259 e. The van der Waals surface area contributed by atoms with Crippen molar-refractivity contribution in [2.75, 3.05) is 26.2 Å². The van der Waals surface area contributed by atoms with Gasteiger partial charge in [0, 0.05) is 37.0 Å². The fraction of sp³-hybridized carbons (Fsp3) is 0.478. The molecule has 1 unspecified atom stereocenters. The molecule has 160 valence electrons. The van der Waals surface area contributed by atoms with Gasteiger partial charge >= 0.3 is 0 Å². The summed E-state index contributed by atoms with van der Waals surface area (Å²) >= 11 is 1.67. The van der Waals surface area contributed by atoms with Crippen LogP contribution in [0.2, 0.25) is 0 Å². The number of piperazine rings is 1. The van der Waals surface area contributed by atoms with Gasteiger partial charge < -0.3 is 20.2 Å². The lowest BCUT2D eigenvalue weighted by Gasteiger charge is -2.42. The number of rotatable bonds is 5. The van der Waals surface area contributed by atoms with Crippen LogP contribution < -0.4 is 5.32 Å². The van der Waals surface area contributed by atoms with E-state index in [2.05, 4.69) is 11.4 Å². The second-order valence-electron chi connectivity index (χ2n) is 8.17. The Balaban J connectivity index is 1.40. The second-order valence-corrected chi connectivity index (χ2v) is 9.21. The van der Waals surface area contributed by atoms with Crippen molar-refractivity contribution in [3.05, 3.63) is 58.3 Å². The monoisotopic (exact) mass is 426 g/mol. The van der Waals surface area contributed by atoms with Crippen molar-refractivity contribution in [2.45, 2.75) is 37.8 Å². The van der Waals surface area contributed by atoms with Crippen molar-refractivity contribution in [3.8, 4) is 0 Å². The molecule has 1 aliphatic carbocycles. The highest BCUT2D eigenvalue weighted by Gasteiger charge is 2.48. The molecule has 0 bridgehead atoms. The lowest BCUT2D eigenvalue weighted by atomic mass is 9.79. The predicted octanol–water partition coefficient (Wildman–Crippen LogP) is 2.99. The van der Waals surface area contributed by atoms with Crippen LogP contribution in [0.15, 0.2) is 47.8 Å². The number of nitrogens with zero attached hydrogens (tertiary/aromatic N) is 2. The fourth-order valence-corrected chi connectivity index (χ4v) is 5.28. The first-order valence-electron chi connectivity index (χ1n) is 10.8. The molecule has 2 fully saturated rings. The zero-order chi connectivity index (χ0) is 21.0. The molecule has 4 rings (SSSR count). The highest BCUT2D eigenvalue weighted by atomic mass is 32.1. The topological polar surface area (TPSA) is 79.7 Å². The van der Waals surface area contributed by atoms with Crippen LogP contribution in [-0.4, -0.2) is 53.0 Å². The molecule has 1 aromatic heterocycles. The van der Waals surface area contributed by atoms with Crippen LogP contribution in [0.5, 0.6) is 0 Å². The summed E-state index contributed by atoms with van der Waals surface area (Å²) in [7, 11) is 0. The Kier molecular flexibility index (Phi) is 6.39. The van der Waals surface area contributed by atoms with Crippen molar-refractivity contribution in [3.63, 3.8) is 0 Å². The summed E-state index contributed by atoms with van der Waals surface area (Å²) in [5.41, 5.74) is -0.750. The minimum Gasteiger partial charge on any atom is -0.375 e. The number of thiophene rings is 1. The molecular formula is C23H30N4O2S. The Morgan fingerprint density at radius 3 is 2.37 bits per heavy atom. The first kappa shape index (κ1) is 20.9. The summed E-state index contributed by atoms with van der Waals surface area (Å²) in [4.78, 5) is 18.5. The first-order valence-corrected chi connectivity index (χ1v) is 11.6. The van der Waals surface area contributed by atoms with Gasteiger partial charge in [0.25, 0.3) is 5.91 Å². The Labute approximate surface area is 182 Å². The maximum absolute atomic E-state index is 13.6. The molecule has 0 spiro atoms. The van der Waals surface area contributed by atoms with E-state index in [1.54, 1.807) is 16.2 Å². The van der Waals surface area contributed by atoms with E-state index in [1.165, 1.54) is 4.88 Å². The summed E-state index contributed by atoms with van der Waals surface area (Å²) in [6.45, 7) is 2.87. The summed E-state index contributed by atoms with van der Waals surface area (Å²) in [5, 5.41) is 25.2. The quantitative estimate of drug-likeness (QED) is 0.507. The minimum absolute atomic E-state index is 0.0313. The fourth-order valence-electron chi connectivity index (χ4n) is 4.64. The molecule has 7 heteroatoms. The highest BCUT2D eigenvalue weighted by Crippen LogP contribution is 2.42. The molecule has 0 radical (unpaired) electrons. The number of carbonyl (C=O) groups is 1. The molecule has 1 aromatic carbocycles. The maximum atomic E-state index is 13.6. The molecule has 3 N–H and O–H groups in total. The SMILES string of the molecule is N=C(NCc1cccs1)N1CCN(C(=O)C(O)(c2ccccc2)C2CCCC2)CC1.